The van der Waals surface area contributed by atoms with E-state index in [4.69, 9.17) is 19.0 Å². The van der Waals surface area contributed by atoms with E-state index in [0.29, 0.717) is 26.4 Å². The SMILES string of the molecule is CCO[Si](CCCN)(OCC)OCC.[AlH3].[Zr]. The van der Waals surface area contributed by atoms with Gasteiger partial charge in [0, 0.05) is 52.1 Å². The van der Waals surface area contributed by atoms with Crippen molar-refractivity contribution in [2.24, 2.45) is 5.73 Å². The Morgan fingerprint density at radius 2 is 1.31 bits per heavy atom. The van der Waals surface area contributed by atoms with Crippen LogP contribution in [0.4, 0.5) is 0 Å². The van der Waals surface area contributed by atoms with Crippen molar-refractivity contribution < 1.29 is 39.5 Å². The van der Waals surface area contributed by atoms with Crippen molar-refractivity contribution in [3.05, 3.63) is 0 Å². The molecule has 0 aliphatic heterocycles. The monoisotopic (exact) mass is 341 g/mol. The molecule has 0 bridgehead atoms. The zero-order valence-electron chi connectivity index (χ0n) is 10.0. The molecule has 0 saturated carbocycles. The predicted molar refractivity (Wildman–Crippen MR) is 69.0 cm³/mol. The van der Waals surface area contributed by atoms with Crippen molar-refractivity contribution in [3.8, 4) is 0 Å². The van der Waals surface area contributed by atoms with Crippen LogP contribution < -0.4 is 5.73 Å². The number of rotatable bonds is 9. The Bertz CT molecular complexity index is 129. The van der Waals surface area contributed by atoms with Crippen molar-refractivity contribution in [2.45, 2.75) is 33.2 Å². The van der Waals surface area contributed by atoms with Gasteiger partial charge in [-0.2, -0.15) is 0 Å². The Kier molecular flexibility index (Phi) is 20.6. The third-order valence-corrected chi connectivity index (χ3v) is 4.93. The Labute approximate surface area is 130 Å². The molecule has 0 aromatic rings. The second-order valence-corrected chi connectivity index (χ2v) is 5.61. The summed E-state index contributed by atoms with van der Waals surface area (Å²) < 4.78 is 17.0. The number of nitrogens with two attached hydrogens (primary N) is 1. The molecule has 0 aliphatic carbocycles. The van der Waals surface area contributed by atoms with Crippen LogP contribution in [-0.4, -0.2) is 52.5 Å². The van der Waals surface area contributed by atoms with E-state index in [9.17, 15) is 0 Å². The molecule has 0 saturated heterocycles. The first-order valence-electron chi connectivity index (χ1n) is 5.36. The number of hydrogen-bond acceptors (Lipinski definition) is 4. The Morgan fingerprint density at radius 1 is 0.938 bits per heavy atom. The van der Waals surface area contributed by atoms with Gasteiger partial charge in [-0.3, -0.25) is 0 Å². The normalized spacial score (nSPS) is 10.5. The fourth-order valence-electron chi connectivity index (χ4n) is 1.32. The predicted octanol–water partition coefficient (Wildman–Crippen LogP) is 0.197. The van der Waals surface area contributed by atoms with Crippen molar-refractivity contribution in [1.82, 2.24) is 0 Å². The van der Waals surface area contributed by atoms with Crippen molar-refractivity contribution in [3.63, 3.8) is 0 Å². The van der Waals surface area contributed by atoms with Crippen LogP contribution in [0.1, 0.15) is 27.2 Å². The molecule has 0 unspecified atom stereocenters. The molecule has 0 aromatic heterocycles. The number of hydrogen-bond donors (Lipinski definition) is 1. The van der Waals surface area contributed by atoms with Gasteiger partial charge in [-0.1, -0.05) is 0 Å². The fourth-order valence-corrected chi connectivity index (χ4v) is 3.96. The summed E-state index contributed by atoms with van der Waals surface area (Å²) >= 11 is 0. The quantitative estimate of drug-likeness (QED) is 0.608. The molecule has 16 heavy (non-hydrogen) atoms. The van der Waals surface area contributed by atoms with Crippen LogP contribution in [-0.2, 0) is 39.5 Å². The van der Waals surface area contributed by atoms with E-state index in [-0.39, 0.29) is 43.6 Å². The van der Waals surface area contributed by atoms with Crippen LogP contribution in [0.3, 0.4) is 0 Å². The van der Waals surface area contributed by atoms with Crippen LogP contribution in [0.2, 0.25) is 6.04 Å². The van der Waals surface area contributed by atoms with Gasteiger partial charge in [0.2, 0.25) is 0 Å². The van der Waals surface area contributed by atoms with Crippen molar-refractivity contribution >= 4 is 26.2 Å². The summed E-state index contributed by atoms with van der Waals surface area (Å²) in [5.41, 5.74) is 5.48. The van der Waals surface area contributed by atoms with Crippen LogP contribution in [0.15, 0.2) is 0 Å². The van der Waals surface area contributed by atoms with Gasteiger partial charge >= 0.3 is 8.80 Å². The van der Waals surface area contributed by atoms with E-state index in [0.717, 1.165) is 12.5 Å². The van der Waals surface area contributed by atoms with E-state index in [1.807, 2.05) is 20.8 Å². The molecule has 0 aromatic carbocycles. The molecule has 2 N–H and O–H groups in total. The average Bonchev–Trinajstić information content (AvgIpc) is 2.16. The van der Waals surface area contributed by atoms with E-state index in [1.54, 1.807) is 0 Å². The molecule has 0 amide bonds. The first-order chi connectivity index (χ1) is 6.74. The van der Waals surface area contributed by atoms with Crippen molar-refractivity contribution in [2.75, 3.05) is 26.4 Å². The molecule has 0 fully saturated rings. The maximum absolute atomic E-state index is 5.65. The van der Waals surface area contributed by atoms with Gasteiger partial charge in [-0.05, 0) is 33.7 Å². The molecule has 0 rings (SSSR count). The molecule has 0 atom stereocenters. The summed E-state index contributed by atoms with van der Waals surface area (Å²) in [5.74, 6) is 0. The Morgan fingerprint density at radius 3 is 1.56 bits per heavy atom. The largest absolute Gasteiger partial charge is 0.500 e. The minimum atomic E-state index is -2.40. The van der Waals surface area contributed by atoms with E-state index >= 15 is 0 Å². The average molecular weight is 343 g/mol. The second kappa shape index (κ2) is 14.5. The van der Waals surface area contributed by atoms with E-state index < -0.39 is 8.80 Å². The van der Waals surface area contributed by atoms with Gasteiger partial charge < -0.3 is 19.0 Å². The van der Waals surface area contributed by atoms with Gasteiger partial charge in [-0.25, -0.2) is 0 Å². The second-order valence-electron chi connectivity index (χ2n) is 2.87. The smallest absolute Gasteiger partial charge is 0.374 e. The van der Waals surface area contributed by atoms with Crippen LogP contribution in [0, 0.1) is 0 Å². The Hall–Kier alpha value is 1.47. The standard InChI is InChI=1S/C9H23NO3Si.Al.Zr.3H/c1-4-11-14(12-5-2,13-6-3)9-7-8-10;;;;;/h4-10H2,1-3H3;;;;;. The van der Waals surface area contributed by atoms with Gasteiger partial charge in [-0.15, -0.1) is 0 Å². The topological polar surface area (TPSA) is 53.7 Å². The fraction of sp³-hybridized carbons (Fsp3) is 1.00. The minimum Gasteiger partial charge on any atom is -0.374 e. The minimum absolute atomic E-state index is 0. The van der Waals surface area contributed by atoms with Gasteiger partial charge in [0.15, 0.2) is 17.4 Å². The molecule has 0 heterocycles. The first-order valence-corrected chi connectivity index (χ1v) is 7.29. The molecular weight excluding hydrogens is 316 g/mol. The molecule has 0 aliphatic rings. The molecule has 96 valence electrons. The third kappa shape index (κ3) is 9.50. The molecule has 0 radical (unpaired) electrons. The Balaban J connectivity index is -0.000000845. The first kappa shape index (κ1) is 22.6. The van der Waals surface area contributed by atoms with E-state index in [2.05, 4.69) is 0 Å². The summed E-state index contributed by atoms with van der Waals surface area (Å²) in [6.45, 7) is 8.44. The van der Waals surface area contributed by atoms with Crippen LogP contribution in [0.25, 0.3) is 0 Å². The van der Waals surface area contributed by atoms with Crippen LogP contribution in [0.5, 0.6) is 0 Å². The molecular formula is C9H26AlNO3SiZr. The summed E-state index contributed by atoms with van der Waals surface area (Å²) in [7, 11) is -2.40. The zero-order chi connectivity index (χ0) is 10.9. The summed E-state index contributed by atoms with van der Waals surface area (Å²) in [5, 5.41) is 0. The molecule has 0 spiro atoms. The maximum Gasteiger partial charge on any atom is 0.500 e. The van der Waals surface area contributed by atoms with Gasteiger partial charge in [0.25, 0.3) is 0 Å². The van der Waals surface area contributed by atoms with E-state index in [1.165, 1.54) is 0 Å². The summed E-state index contributed by atoms with van der Waals surface area (Å²) in [6.07, 6.45) is 0.895. The van der Waals surface area contributed by atoms with Crippen molar-refractivity contribution in [1.29, 1.82) is 0 Å². The van der Waals surface area contributed by atoms with Gasteiger partial charge in [0.05, 0.1) is 0 Å². The summed E-state index contributed by atoms with van der Waals surface area (Å²) in [4.78, 5) is 0. The third-order valence-electron chi connectivity index (χ3n) is 1.78. The maximum atomic E-state index is 5.65. The summed E-state index contributed by atoms with van der Waals surface area (Å²) in [6, 6.07) is 0.818. The zero-order valence-corrected chi connectivity index (χ0v) is 13.5. The van der Waals surface area contributed by atoms with Crippen LogP contribution >= 0.6 is 0 Å². The molecule has 7 heteroatoms. The molecule has 4 nitrogen and oxygen atoms in total. The van der Waals surface area contributed by atoms with Gasteiger partial charge in [0.1, 0.15) is 0 Å².